The summed E-state index contributed by atoms with van der Waals surface area (Å²) in [5.74, 6) is 1.19. The van der Waals surface area contributed by atoms with Crippen molar-refractivity contribution >= 4 is 16.6 Å². The van der Waals surface area contributed by atoms with Gasteiger partial charge >= 0.3 is 0 Å². The van der Waals surface area contributed by atoms with Gasteiger partial charge < -0.3 is 10.2 Å². The lowest BCUT2D eigenvalue weighted by Crippen LogP contribution is -2.31. The summed E-state index contributed by atoms with van der Waals surface area (Å²) in [7, 11) is 0. The molecule has 0 amide bonds. The highest BCUT2D eigenvalue weighted by atomic mass is 16.3. The van der Waals surface area contributed by atoms with E-state index >= 15 is 0 Å². The molecule has 6 heteroatoms. The molecular weight excluding hydrogens is 484 g/mol. The van der Waals surface area contributed by atoms with Gasteiger partial charge in [-0.2, -0.15) is 4.52 Å². The Labute approximate surface area is 227 Å². The van der Waals surface area contributed by atoms with Crippen LogP contribution in [-0.4, -0.2) is 30.3 Å². The molecular formula is C33H30N4O2. The summed E-state index contributed by atoms with van der Waals surface area (Å²) >= 11 is 0. The van der Waals surface area contributed by atoms with Crippen LogP contribution >= 0.6 is 0 Å². The Morgan fingerprint density at radius 3 is 2.49 bits per heavy atom. The number of aromatic hydroxyl groups is 1. The van der Waals surface area contributed by atoms with Crippen molar-refractivity contribution in [3.8, 4) is 5.75 Å². The van der Waals surface area contributed by atoms with Crippen LogP contribution in [-0.2, 0) is 5.60 Å². The number of nitrogens with zero attached hydrogens (tertiary/aromatic N) is 4. The minimum atomic E-state index is -1.36. The predicted octanol–water partition coefficient (Wildman–Crippen LogP) is 6.29. The number of hydrogen-bond acceptors (Lipinski definition) is 5. The van der Waals surface area contributed by atoms with Crippen LogP contribution in [0.4, 0.5) is 0 Å². The van der Waals surface area contributed by atoms with Gasteiger partial charge in [-0.1, -0.05) is 73.7 Å². The Bertz CT molecular complexity index is 1740. The average Bonchev–Trinajstić information content (AvgIpc) is 3.41. The van der Waals surface area contributed by atoms with Crippen molar-refractivity contribution in [2.45, 2.75) is 37.7 Å². The topological polar surface area (TPSA) is 83.5 Å². The van der Waals surface area contributed by atoms with E-state index in [4.69, 9.17) is 0 Å². The molecule has 3 aliphatic rings. The van der Waals surface area contributed by atoms with Gasteiger partial charge in [0.1, 0.15) is 11.4 Å². The first-order valence-electron chi connectivity index (χ1n) is 13.6. The van der Waals surface area contributed by atoms with Crippen LogP contribution in [0, 0.1) is 11.8 Å². The predicted molar refractivity (Wildman–Crippen MR) is 152 cm³/mol. The summed E-state index contributed by atoms with van der Waals surface area (Å²) in [5, 5.41) is 36.0. The summed E-state index contributed by atoms with van der Waals surface area (Å²) in [6.45, 7) is 2.16. The van der Waals surface area contributed by atoms with E-state index in [0.29, 0.717) is 17.5 Å². The van der Waals surface area contributed by atoms with Crippen molar-refractivity contribution in [2.75, 3.05) is 0 Å². The lowest BCUT2D eigenvalue weighted by Gasteiger charge is -2.35. The molecule has 3 unspecified atom stereocenters. The lowest BCUT2D eigenvalue weighted by molar-refractivity contribution is 0.115. The third-order valence-corrected chi connectivity index (χ3v) is 8.47. The van der Waals surface area contributed by atoms with Crippen LogP contribution in [0.15, 0.2) is 108 Å². The normalized spacial score (nSPS) is 23.9. The molecule has 2 N–H and O–H groups in total. The molecule has 2 aromatic heterocycles. The number of phenolic OH excluding ortho intramolecular Hbond substituents is 1. The van der Waals surface area contributed by atoms with Crippen LogP contribution in [0.1, 0.15) is 48.8 Å². The summed E-state index contributed by atoms with van der Waals surface area (Å²) in [6, 6.07) is 15.0. The van der Waals surface area contributed by atoms with E-state index in [9.17, 15) is 10.2 Å². The van der Waals surface area contributed by atoms with E-state index in [1.165, 1.54) is 5.57 Å². The molecule has 4 aromatic rings. The maximum absolute atomic E-state index is 12.6. The number of hydrogen-bond donors (Lipinski definition) is 2. The Kier molecular flexibility index (Phi) is 5.60. The third-order valence-electron chi connectivity index (χ3n) is 8.47. The largest absolute Gasteiger partial charge is 0.508 e. The van der Waals surface area contributed by atoms with Crippen molar-refractivity contribution in [1.82, 2.24) is 20.0 Å². The molecule has 0 saturated carbocycles. The zero-order chi connectivity index (χ0) is 26.6. The molecule has 4 atom stereocenters. The highest BCUT2D eigenvalue weighted by molar-refractivity contribution is 5.87. The monoisotopic (exact) mass is 514 g/mol. The van der Waals surface area contributed by atoms with Crippen LogP contribution in [0.3, 0.4) is 0 Å². The van der Waals surface area contributed by atoms with E-state index in [-0.39, 0.29) is 11.7 Å². The minimum absolute atomic E-state index is 0.169. The minimum Gasteiger partial charge on any atom is -0.508 e. The highest BCUT2D eigenvalue weighted by Crippen LogP contribution is 2.44. The van der Waals surface area contributed by atoms with E-state index in [0.717, 1.165) is 52.4 Å². The molecule has 0 bridgehead atoms. The van der Waals surface area contributed by atoms with Gasteiger partial charge in [0.2, 0.25) is 0 Å². The molecule has 0 aliphatic heterocycles. The summed E-state index contributed by atoms with van der Waals surface area (Å²) in [6.07, 6.45) is 20.4. The van der Waals surface area contributed by atoms with Gasteiger partial charge in [-0.3, -0.25) is 0 Å². The Morgan fingerprint density at radius 2 is 1.77 bits per heavy atom. The third kappa shape index (κ3) is 3.94. The molecule has 0 spiro atoms. The number of phenols is 1. The first kappa shape index (κ1) is 23.8. The van der Waals surface area contributed by atoms with Crippen molar-refractivity contribution in [1.29, 1.82) is 0 Å². The number of benzene rings is 2. The number of allylic oxidation sites excluding steroid dienone is 9. The molecule has 2 heterocycles. The fourth-order valence-corrected chi connectivity index (χ4v) is 6.17. The molecule has 7 rings (SSSR count). The van der Waals surface area contributed by atoms with Crippen molar-refractivity contribution in [3.05, 3.63) is 125 Å². The molecule has 6 nitrogen and oxygen atoms in total. The number of tetrazole rings is 1. The van der Waals surface area contributed by atoms with Gasteiger partial charge in [0.05, 0.1) is 5.52 Å². The molecule has 39 heavy (non-hydrogen) atoms. The Hall–Kier alpha value is -4.29. The van der Waals surface area contributed by atoms with Gasteiger partial charge in [0, 0.05) is 17.2 Å². The van der Waals surface area contributed by atoms with Gasteiger partial charge in [0.25, 0.3) is 0 Å². The second kappa shape index (κ2) is 9.17. The Morgan fingerprint density at radius 1 is 0.949 bits per heavy atom. The van der Waals surface area contributed by atoms with Gasteiger partial charge in [-0.25, -0.2) is 0 Å². The van der Waals surface area contributed by atoms with Gasteiger partial charge in [0.15, 0.2) is 5.65 Å². The standard InChI is InChI=1S/C33H30N4O2/c1-21-4-2-7-26(18-21)33(39,25-12-15-28(38)16-13-25)27-14-17-31-30(19-27)29(20-32-34-35-36-37(31)32)24-10-8-23(9-11-24)22-5-3-6-22/h2-5,7-10,12-17,19-22,24,38-39H,6,11,18H2,1H3/t21?,22-,24?,33?/m0/s1. The quantitative estimate of drug-likeness (QED) is 0.306. The Balaban J connectivity index is 1.40. The van der Waals surface area contributed by atoms with E-state index < -0.39 is 5.60 Å². The zero-order valence-electron chi connectivity index (χ0n) is 21.8. The number of rotatable bonds is 5. The van der Waals surface area contributed by atoms with Crippen molar-refractivity contribution < 1.29 is 10.2 Å². The lowest BCUT2D eigenvalue weighted by atomic mass is 9.74. The SMILES string of the molecule is CC1C=CC=C(C(O)(c2ccc(O)cc2)c2ccc3c(c2)c(C2C=CC([C@H]4C=CC4)=CC2)cc2nnnn23)C1. The maximum atomic E-state index is 12.6. The van der Waals surface area contributed by atoms with E-state index in [2.05, 4.69) is 71.0 Å². The summed E-state index contributed by atoms with van der Waals surface area (Å²) in [5.41, 5.74) is 5.20. The summed E-state index contributed by atoms with van der Waals surface area (Å²) < 4.78 is 1.76. The molecule has 2 aromatic carbocycles. The van der Waals surface area contributed by atoms with Crippen LogP contribution in [0.5, 0.6) is 5.75 Å². The molecule has 0 saturated heterocycles. The molecule has 0 radical (unpaired) electrons. The number of aromatic nitrogens is 4. The van der Waals surface area contributed by atoms with Crippen LogP contribution < -0.4 is 0 Å². The zero-order valence-corrected chi connectivity index (χ0v) is 21.8. The number of aliphatic hydroxyl groups is 1. The molecule has 0 fully saturated rings. The number of fused-ring (bicyclic) bond motifs is 3. The van der Waals surface area contributed by atoms with Crippen LogP contribution in [0.2, 0.25) is 0 Å². The molecule has 194 valence electrons. The van der Waals surface area contributed by atoms with Crippen molar-refractivity contribution in [2.24, 2.45) is 11.8 Å². The second-order valence-corrected chi connectivity index (χ2v) is 11.0. The fourth-order valence-electron chi connectivity index (χ4n) is 6.17. The first-order valence-corrected chi connectivity index (χ1v) is 13.6. The molecule has 3 aliphatic carbocycles. The summed E-state index contributed by atoms with van der Waals surface area (Å²) in [4.78, 5) is 0. The average molecular weight is 515 g/mol. The fraction of sp³-hybridized carbons (Fsp3) is 0.242. The van der Waals surface area contributed by atoms with Gasteiger partial charge in [-0.15, -0.1) is 5.10 Å². The highest BCUT2D eigenvalue weighted by Gasteiger charge is 2.37. The smallest absolute Gasteiger partial charge is 0.180 e. The second-order valence-electron chi connectivity index (χ2n) is 11.0. The van der Waals surface area contributed by atoms with Gasteiger partial charge in [-0.05, 0) is 93.8 Å². The maximum Gasteiger partial charge on any atom is 0.180 e. The first-order chi connectivity index (χ1) is 19.0. The van der Waals surface area contributed by atoms with E-state index in [1.54, 1.807) is 28.8 Å². The van der Waals surface area contributed by atoms with Crippen LogP contribution in [0.25, 0.3) is 16.6 Å². The number of pyridine rings is 1. The van der Waals surface area contributed by atoms with E-state index in [1.807, 2.05) is 24.3 Å². The van der Waals surface area contributed by atoms with Crippen molar-refractivity contribution in [3.63, 3.8) is 0 Å².